The molecule has 0 aromatic heterocycles. The first-order valence-electron chi connectivity index (χ1n) is 17.4. The SMILES string of the molecule is CCCCCCCCCCCCCCCCOC[C@H](COP(=O)(O)OCC[N+](C)(C)C)OC(=O)CCCCCCCC(=O)O. The molecule has 0 spiro atoms. The van der Waals surface area contributed by atoms with Crippen molar-refractivity contribution in [1.82, 2.24) is 0 Å². The number of phosphoric acid groups is 1. The van der Waals surface area contributed by atoms with Gasteiger partial charge in [-0.15, -0.1) is 0 Å². The molecule has 262 valence electrons. The minimum atomic E-state index is -4.29. The molecule has 0 aliphatic heterocycles. The van der Waals surface area contributed by atoms with Gasteiger partial charge in [-0.25, -0.2) is 4.57 Å². The maximum absolute atomic E-state index is 12.4. The molecule has 11 heteroatoms. The number of ether oxygens (including phenoxy) is 2. The summed E-state index contributed by atoms with van der Waals surface area (Å²) in [7, 11) is 1.56. The van der Waals surface area contributed by atoms with Crippen LogP contribution < -0.4 is 0 Å². The Labute approximate surface area is 268 Å². The predicted molar refractivity (Wildman–Crippen MR) is 176 cm³/mol. The molecule has 2 N–H and O–H groups in total. The largest absolute Gasteiger partial charge is 0.481 e. The zero-order valence-electron chi connectivity index (χ0n) is 28.6. The van der Waals surface area contributed by atoms with E-state index in [1.165, 1.54) is 77.0 Å². The number of esters is 1. The lowest BCUT2D eigenvalue weighted by Gasteiger charge is -2.24. The Kier molecular flexibility index (Phi) is 27.6. The van der Waals surface area contributed by atoms with E-state index in [1.54, 1.807) is 0 Å². The number of hydrogen-bond acceptors (Lipinski definition) is 7. The van der Waals surface area contributed by atoms with Crippen molar-refractivity contribution in [3.8, 4) is 0 Å². The second kappa shape index (κ2) is 28.2. The van der Waals surface area contributed by atoms with Gasteiger partial charge in [0.2, 0.25) is 0 Å². The lowest BCUT2D eigenvalue weighted by atomic mass is 10.0. The number of rotatable bonds is 33. The van der Waals surface area contributed by atoms with E-state index in [0.717, 1.165) is 32.1 Å². The highest BCUT2D eigenvalue weighted by Gasteiger charge is 2.26. The Bertz CT molecular complexity index is 745. The van der Waals surface area contributed by atoms with E-state index in [9.17, 15) is 19.0 Å². The molecule has 0 amide bonds. The van der Waals surface area contributed by atoms with Gasteiger partial charge in [0.1, 0.15) is 19.3 Å². The average Bonchev–Trinajstić information content (AvgIpc) is 2.94. The fourth-order valence-electron chi connectivity index (χ4n) is 4.69. The molecule has 0 rings (SSSR count). The second-order valence-electron chi connectivity index (χ2n) is 13.1. The third-order valence-corrected chi connectivity index (χ3v) is 8.44. The van der Waals surface area contributed by atoms with E-state index in [1.807, 2.05) is 21.1 Å². The Morgan fingerprint density at radius 2 is 1.14 bits per heavy atom. The highest BCUT2D eigenvalue weighted by Crippen LogP contribution is 2.43. The minimum Gasteiger partial charge on any atom is -0.481 e. The van der Waals surface area contributed by atoms with Gasteiger partial charge >= 0.3 is 19.8 Å². The summed E-state index contributed by atoms with van der Waals surface area (Å²) in [6.07, 6.45) is 21.2. The van der Waals surface area contributed by atoms with Crippen LogP contribution in [0.1, 0.15) is 142 Å². The number of nitrogens with zero attached hydrogens (tertiary/aromatic N) is 1. The summed E-state index contributed by atoms with van der Waals surface area (Å²) in [5.74, 6) is -1.21. The Morgan fingerprint density at radius 3 is 1.64 bits per heavy atom. The molecule has 1 unspecified atom stereocenters. The zero-order valence-corrected chi connectivity index (χ0v) is 29.5. The van der Waals surface area contributed by atoms with Gasteiger partial charge in [-0.2, -0.15) is 0 Å². The molecule has 0 aromatic rings. The summed E-state index contributed by atoms with van der Waals surface area (Å²) >= 11 is 0. The number of carbonyl (C=O) groups excluding carboxylic acids is 1. The summed E-state index contributed by atoms with van der Waals surface area (Å²) in [4.78, 5) is 33.1. The topological polar surface area (TPSA) is 129 Å². The number of phosphoric ester groups is 1. The van der Waals surface area contributed by atoms with Crippen LogP contribution in [0.4, 0.5) is 0 Å². The fourth-order valence-corrected chi connectivity index (χ4v) is 5.44. The van der Waals surface area contributed by atoms with Crippen LogP contribution in [-0.2, 0) is 32.7 Å². The molecule has 0 saturated heterocycles. The van der Waals surface area contributed by atoms with Gasteiger partial charge < -0.3 is 24.0 Å². The maximum Gasteiger partial charge on any atom is 0.472 e. The third kappa shape index (κ3) is 32.4. The van der Waals surface area contributed by atoms with Gasteiger partial charge in [-0.1, -0.05) is 110 Å². The molecule has 0 heterocycles. The van der Waals surface area contributed by atoms with Crippen molar-refractivity contribution >= 4 is 19.8 Å². The summed E-state index contributed by atoms with van der Waals surface area (Å²) in [5.41, 5.74) is 0. The smallest absolute Gasteiger partial charge is 0.472 e. The molecule has 0 saturated carbocycles. The fraction of sp³-hybridized carbons (Fsp3) is 0.939. The van der Waals surface area contributed by atoms with E-state index in [-0.39, 0.29) is 32.7 Å². The molecule has 44 heavy (non-hydrogen) atoms. The number of quaternary nitrogens is 1. The number of carboxylic acids is 1. The van der Waals surface area contributed by atoms with Crippen LogP contribution in [0.25, 0.3) is 0 Å². The van der Waals surface area contributed by atoms with Crippen molar-refractivity contribution in [2.24, 2.45) is 0 Å². The summed E-state index contributed by atoms with van der Waals surface area (Å²) in [6, 6.07) is 0. The summed E-state index contributed by atoms with van der Waals surface area (Å²) < 4.78 is 34.4. The lowest BCUT2D eigenvalue weighted by Crippen LogP contribution is -2.37. The first kappa shape index (κ1) is 43.0. The lowest BCUT2D eigenvalue weighted by molar-refractivity contribution is -0.870. The van der Waals surface area contributed by atoms with Crippen LogP contribution in [-0.4, -0.2) is 86.6 Å². The van der Waals surface area contributed by atoms with Crippen molar-refractivity contribution in [3.05, 3.63) is 0 Å². The maximum atomic E-state index is 12.4. The zero-order chi connectivity index (χ0) is 32.9. The van der Waals surface area contributed by atoms with Gasteiger partial charge in [-0.3, -0.25) is 18.6 Å². The quantitative estimate of drug-likeness (QED) is 0.0313. The highest BCUT2D eigenvalue weighted by atomic mass is 31.2. The normalized spacial score (nSPS) is 13.9. The molecule has 0 aliphatic carbocycles. The van der Waals surface area contributed by atoms with Crippen LogP contribution in [0.15, 0.2) is 0 Å². The Hall–Kier alpha value is -1.03. The number of carboxylic acid groups (broad SMARTS) is 1. The van der Waals surface area contributed by atoms with Crippen molar-refractivity contribution in [2.75, 3.05) is 54.1 Å². The van der Waals surface area contributed by atoms with Crippen LogP contribution in [0.2, 0.25) is 0 Å². The third-order valence-electron chi connectivity index (χ3n) is 7.46. The van der Waals surface area contributed by atoms with Gasteiger partial charge in [0.15, 0.2) is 0 Å². The van der Waals surface area contributed by atoms with E-state index in [0.29, 0.717) is 30.5 Å². The van der Waals surface area contributed by atoms with Crippen LogP contribution in [0.5, 0.6) is 0 Å². The summed E-state index contributed by atoms with van der Waals surface area (Å²) in [6.45, 7) is 3.16. The molecule has 0 bridgehead atoms. The van der Waals surface area contributed by atoms with Crippen molar-refractivity contribution in [2.45, 2.75) is 148 Å². The molecule has 2 atom stereocenters. The molecular weight excluding hydrogens is 585 g/mol. The Morgan fingerprint density at radius 1 is 0.659 bits per heavy atom. The predicted octanol–water partition coefficient (Wildman–Crippen LogP) is 8.05. The number of hydrogen-bond donors (Lipinski definition) is 2. The van der Waals surface area contributed by atoms with Crippen LogP contribution >= 0.6 is 7.82 Å². The molecular formula is C33H67NO9P+. The molecule has 10 nitrogen and oxygen atoms in total. The molecule has 0 aromatic carbocycles. The molecule has 0 fully saturated rings. The van der Waals surface area contributed by atoms with E-state index in [4.69, 9.17) is 23.6 Å². The van der Waals surface area contributed by atoms with E-state index < -0.39 is 25.9 Å². The summed E-state index contributed by atoms with van der Waals surface area (Å²) in [5, 5.41) is 8.71. The van der Waals surface area contributed by atoms with Gasteiger partial charge in [0.05, 0.1) is 34.4 Å². The highest BCUT2D eigenvalue weighted by molar-refractivity contribution is 7.47. The van der Waals surface area contributed by atoms with Crippen molar-refractivity contribution in [3.63, 3.8) is 0 Å². The first-order valence-corrected chi connectivity index (χ1v) is 18.9. The van der Waals surface area contributed by atoms with Gasteiger partial charge in [-0.05, 0) is 19.3 Å². The van der Waals surface area contributed by atoms with Crippen LogP contribution in [0, 0.1) is 0 Å². The average molecular weight is 653 g/mol. The Balaban J connectivity index is 4.26. The number of aliphatic carboxylic acids is 1. The first-order chi connectivity index (χ1) is 20.9. The van der Waals surface area contributed by atoms with Crippen molar-refractivity contribution < 1.29 is 47.2 Å². The molecule has 0 aliphatic rings. The van der Waals surface area contributed by atoms with Crippen LogP contribution in [0.3, 0.4) is 0 Å². The monoisotopic (exact) mass is 652 g/mol. The number of likely N-dealkylation sites (N-methyl/N-ethyl adjacent to an activating group) is 1. The number of unbranched alkanes of at least 4 members (excludes halogenated alkanes) is 17. The number of carbonyl (C=O) groups is 2. The van der Waals surface area contributed by atoms with E-state index >= 15 is 0 Å². The molecule has 0 radical (unpaired) electrons. The van der Waals surface area contributed by atoms with Gasteiger partial charge in [0, 0.05) is 19.4 Å². The van der Waals surface area contributed by atoms with Gasteiger partial charge in [0.25, 0.3) is 0 Å². The minimum absolute atomic E-state index is 0.0593. The standard InChI is InChI=1S/C33H66NO9P/c1-5-6-7-8-9-10-11-12-13-14-15-16-20-23-27-40-29-31(30-42-44(38,39)41-28-26-34(2,3)4)43-33(37)25-22-19-17-18-21-24-32(35)36/h31H,5-30H2,1-4H3,(H-,35,36,38,39)/p+1/t31-/m1/s1. The van der Waals surface area contributed by atoms with E-state index in [2.05, 4.69) is 6.92 Å². The van der Waals surface area contributed by atoms with Crippen molar-refractivity contribution in [1.29, 1.82) is 0 Å². The second-order valence-corrected chi connectivity index (χ2v) is 14.5.